The summed E-state index contributed by atoms with van der Waals surface area (Å²) < 4.78 is 165. The molecule has 0 saturated heterocycles. The van der Waals surface area contributed by atoms with Crippen molar-refractivity contribution in [3.05, 3.63) is 0 Å². The summed E-state index contributed by atoms with van der Waals surface area (Å²) in [7, 11) is 0. The summed E-state index contributed by atoms with van der Waals surface area (Å²) in [5.74, 6) is -38.1. The van der Waals surface area contributed by atoms with E-state index in [4.69, 9.17) is 0 Å². The van der Waals surface area contributed by atoms with Crippen LogP contribution in [0.25, 0.3) is 0 Å². The van der Waals surface area contributed by atoms with Gasteiger partial charge in [0, 0.05) is 19.3 Å². The van der Waals surface area contributed by atoms with Crippen LogP contribution in [0.2, 0.25) is 0 Å². The number of hydrogen-bond donors (Lipinski definition) is 0. The van der Waals surface area contributed by atoms with E-state index in [0.29, 0.717) is 0 Å². The van der Waals surface area contributed by atoms with E-state index in [-0.39, 0.29) is 0 Å². The van der Waals surface area contributed by atoms with Gasteiger partial charge in [-0.05, 0) is 0 Å². The Kier molecular flexibility index (Phi) is 6.16. The van der Waals surface area contributed by atoms with Crippen LogP contribution in [0.3, 0.4) is 0 Å². The van der Waals surface area contributed by atoms with E-state index in [1.807, 2.05) is 0 Å². The molecule has 0 rings (SSSR count). The highest BCUT2D eigenvalue weighted by Crippen LogP contribution is 2.60. The number of ketones is 1. The summed E-state index contributed by atoms with van der Waals surface area (Å²) in [5.41, 5.74) is 0. The highest BCUT2D eigenvalue weighted by molar-refractivity contribution is 5.78. The van der Waals surface area contributed by atoms with E-state index in [1.54, 1.807) is 0 Å². The molecule has 0 atom stereocenters. The first-order valence-corrected chi connectivity index (χ1v) is 6.18. The van der Waals surface area contributed by atoms with Crippen molar-refractivity contribution in [1.29, 1.82) is 0 Å². The quantitative estimate of drug-likeness (QED) is 0.490. The summed E-state index contributed by atoms with van der Waals surface area (Å²) in [4.78, 5) is 10.7. The van der Waals surface area contributed by atoms with Crippen molar-refractivity contribution in [2.24, 2.45) is 0 Å². The molecule has 1 nitrogen and oxygen atoms in total. The third-order valence-electron chi connectivity index (χ3n) is 3.11. The van der Waals surface area contributed by atoms with E-state index in [9.17, 15) is 61.9 Å². The number of hydrogen-bond acceptors (Lipinski definition) is 1. The van der Waals surface area contributed by atoms with Crippen LogP contribution in [-0.4, -0.2) is 41.6 Å². The number of Topliss-reactive ketones (excluding diaryl/α,β-unsaturated/α-hetero) is 1. The van der Waals surface area contributed by atoms with Crippen LogP contribution in [0.15, 0.2) is 0 Å². The summed E-state index contributed by atoms with van der Waals surface area (Å²) in [6.45, 7) is 1.05. The van der Waals surface area contributed by atoms with E-state index in [0.717, 1.165) is 6.92 Å². The zero-order chi connectivity index (χ0) is 20.7. The average Bonchev–Trinajstić information content (AvgIpc) is 2.42. The number of halogens is 13. The second-order valence-electron chi connectivity index (χ2n) is 4.89. The maximum Gasteiger partial charge on any atom is 0.460 e. The van der Waals surface area contributed by atoms with Gasteiger partial charge in [0.15, 0.2) is 0 Å². The molecule has 0 fully saturated rings. The van der Waals surface area contributed by atoms with E-state index in [2.05, 4.69) is 0 Å². The maximum atomic E-state index is 13.2. The van der Waals surface area contributed by atoms with Gasteiger partial charge in [0.05, 0.1) is 0 Å². The second kappa shape index (κ2) is 6.49. The molecule has 0 aliphatic rings. The molecule has 0 heterocycles. The SMILES string of the molecule is CCC(=O)CCC(F)(F)C(F)(F)C(F)(F)C(F)(F)C(F)(F)C(F)(F)F. The summed E-state index contributed by atoms with van der Waals surface area (Å²) in [6.07, 6.45) is -11.9. The Bertz CT molecular complexity index is 491. The van der Waals surface area contributed by atoms with Gasteiger partial charge in [0.1, 0.15) is 5.78 Å². The highest BCUT2D eigenvalue weighted by Gasteiger charge is 2.90. The molecule has 0 aliphatic heterocycles. The molecule has 25 heavy (non-hydrogen) atoms. The fraction of sp³-hybridized carbons (Fsp3) is 0.909. The first-order chi connectivity index (χ1) is 10.7. The molecule has 0 saturated carbocycles. The van der Waals surface area contributed by atoms with E-state index >= 15 is 0 Å². The Labute approximate surface area is 131 Å². The van der Waals surface area contributed by atoms with Gasteiger partial charge in [-0.2, -0.15) is 57.1 Å². The van der Waals surface area contributed by atoms with Gasteiger partial charge in [-0.25, -0.2) is 0 Å². The molecule has 0 aromatic carbocycles. The lowest BCUT2D eigenvalue weighted by Crippen LogP contribution is -2.70. The molecule has 14 heteroatoms. The first-order valence-electron chi connectivity index (χ1n) is 6.18. The van der Waals surface area contributed by atoms with Crippen molar-refractivity contribution in [3.8, 4) is 0 Å². The normalized spacial score (nSPS) is 15.4. The Hall–Kier alpha value is -1.24. The molecule has 0 N–H and O–H groups in total. The van der Waals surface area contributed by atoms with Gasteiger partial charge >= 0.3 is 35.8 Å². The highest BCUT2D eigenvalue weighted by atomic mass is 19.4. The molecule has 0 bridgehead atoms. The number of carbonyl (C=O) groups is 1. The first kappa shape index (κ1) is 23.8. The number of carbonyl (C=O) groups excluding carboxylic acids is 1. The Morgan fingerprint density at radius 3 is 1.32 bits per heavy atom. The lowest BCUT2D eigenvalue weighted by Gasteiger charge is -2.39. The standard InChI is InChI=1S/C11H9F13O/c1-2-5(25)3-4-6(12,13)7(14,15)8(16,17)9(18,19)10(20,21)11(22,23)24/h2-4H2,1H3. The van der Waals surface area contributed by atoms with Gasteiger partial charge in [-0.1, -0.05) is 6.92 Å². The molecule has 0 aromatic heterocycles. The lowest BCUT2D eigenvalue weighted by molar-refractivity contribution is -0.440. The van der Waals surface area contributed by atoms with Crippen molar-refractivity contribution in [2.75, 3.05) is 0 Å². The van der Waals surface area contributed by atoms with E-state index in [1.165, 1.54) is 0 Å². The van der Waals surface area contributed by atoms with Crippen LogP contribution in [0.1, 0.15) is 26.2 Å². The summed E-state index contributed by atoms with van der Waals surface area (Å²) >= 11 is 0. The smallest absolute Gasteiger partial charge is 0.300 e. The van der Waals surface area contributed by atoms with Gasteiger partial charge in [-0.3, -0.25) is 4.79 Å². The van der Waals surface area contributed by atoms with Crippen LogP contribution in [0.4, 0.5) is 57.1 Å². The van der Waals surface area contributed by atoms with E-state index < -0.39 is 60.8 Å². The predicted octanol–water partition coefficient (Wildman–Crippen LogP) is 5.48. The van der Waals surface area contributed by atoms with Gasteiger partial charge < -0.3 is 0 Å². The monoisotopic (exact) mass is 404 g/mol. The fourth-order valence-electron chi connectivity index (χ4n) is 1.43. The minimum Gasteiger partial charge on any atom is -0.300 e. The maximum absolute atomic E-state index is 13.2. The number of alkyl halides is 13. The Morgan fingerprint density at radius 1 is 0.640 bits per heavy atom. The van der Waals surface area contributed by atoms with Crippen LogP contribution >= 0.6 is 0 Å². The second-order valence-corrected chi connectivity index (χ2v) is 4.89. The zero-order valence-electron chi connectivity index (χ0n) is 11.9. The van der Waals surface area contributed by atoms with Crippen molar-refractivity contribution in [2.45, 2.75) is 62.0 Å². The topological polar surface area (TPSA) is 17.1 Å². The summed E-state index contributed by atoms with van der Waals surface area (Å²) in [6, 6.07) is 0. The van der Waals surface area contributed by atoms with Gasteiger partial charge in [-0.15, -0.1) is 0 Å². The zero-order valence-corrected chi connectivity index (χ0v) is 11.9. The van der Waals surface area contributed by atoms with Gasteiger partial charge in [0.2, 0.25) is 0 Å². The third-order valence-corrected chi connectivity index (χ3v) is 3.11. The lowest BCUT2D eigenvalue weighted by atomic mass is 9.91. The molecular weight excluding hydrogens is 395 g/mol. The third kappa shape index (κ3) is 3.66. The van der Waals surface area contributed by atoms with Crippen molar-refractivity contribution in [3.63, 3.8) is 0 Å². The minimum absolute atomic E-state index is 0.527. The number of rotatable bonds is 8. The molecule has 0 spiro atoms. The van der Waals surface area contributed by atoms with Crippen molar-refractivity contribution >= 4 is 5.78 Å². The Balaban J connectivity index is 5.98. The molecule has 150 valence electrons. The van der Waals surface area contributed by atoms with Crippen LogP contribution in [-0.2, 0) is 4.79 Å². The average molecular weight is 404 g/mol. The molecule has 0 radical (unpaired) electrons. The van der Waals surface area contributed by atoms with Crippen LogP contribution < -0.4 is 0 Å². The van der Waals surface area contributed by atoms with Crippen molar-refractivity contribution < 1.29 is 61.9 Å². The molecule has 0 aromatic rings. The van der Waals surface area contributed by atoms with Crippen LogP contribution in [0, 0.1) is 0 Å². The Morgan fingerprint density at radius 2 is 1.00 bits per heavy atom. The molecule has 0 aliphatic carbocycles. The summed E-state index contributed by atoms with van der Waals surface area (Å²) in [5, 5.41) is 0. The molecular formula is C11H9F13O. The molecule has 0 unspecified atom stereocenters. The fourth-order valence-corrected chi connectivity index (χ4v) is 1.43. The van der Waals surface area contributed by atoms with Crippen LogP contribution in [0.5, 0.6) is 0 Å². The van der Waals surface area contributed by atoms with Crippen molar-refractivity contribution in [1.82, 2.24) is 0 Å². The largest absolute Gasteiger partial charge is 0.460 e. The van der Waals surface area contributed by atoms with Gasteiger partial charge in [0.25, 0.3) is 0 Å². The predicted molar refractivity (Wildman–Crippen MR) is 55.3 cm³/mol. The minimum atomic E-state index is -7.90. The molecule has 0 amide bonds.